The van der Waals surface area contributed by atoms with E-state index < -0.39 is 16.0 Å². The Kier molecular flexibility index (Phi) is 7.08. The molecular weight excluding hydrogens is 351 g/mol. The first-order chi connectivity index (χ1) is 9.94. The Balaban J connectivity index is 0.00000242. The molecule has 1 aliphatic heterocycles. The molecule has 1 heterocycles. The molecule has 0 spiro atoms. The Morgan fingerprint density at radius 1 is 1.36 bits per heavy atom. The summed E-state index contributed by atoms with van der Waals surface area (Å²) in [4.78, 5) is 11.4. The van der Waals surface area contributed by atoms with Crippen LogP contribution in [0.2, 0.25) is 5.02 Å². The van der Waals surface area contributed by atoms with Crippen LogP contribution in [0.3, 0.4) is 0 Å². The summed E-state index contributed by atoms with van der Waals surface area (Å²) >= 11 is 5.99. The van der Waals surface area contributed by atoms with Crippen molar-refractivity contribution >= 4 is 40.0 Å². The number of esters is 1. The molecule has 1 fully saturated rings. The van der Waals surface area contributed by atoms with Gasteiger partial charge in [-0.1, -0.05) is 11.6 Å². The maximum Gasteiger partial charge on any atom is 0.337 e. The number of ether oxygens (including phenoxy) is 1. The second-order valence-electron chi connectivity index (χ2n) is 4.78. The number of carbonyl (C=O) groups is 1. The molecule has 124 valence electrons. The zero-order chi connectivity index (χ0) is 15.5. The molecule has 0 amide bonds. The van der Waals surface area contributed by atoms with Gasteiger partial charge in [0.2, 0.25) is 10.0 Å². The zero-order valence-electron chi connectivity index (χ0n) is 12.0. The molecule has 1 aromatic carbocycles. The number of benzene rings is 1. The lowest BCUT2D eigenvalue weighted by Gasteiger charge is -2.23. The summed E-state index contributed by atoms with van der Waals surface area (Å²) in [6, 6.07) is 3.89. The number of sulfonamides is 1. The fourth-order valence-electron chi connectivity index (χ4n) is 2.19. The molecule has 0 saturated carbocycles. The molecule has 0 aromatic heterocycles. The number of piperidine rings is 1. The van der Waals surface area contributed by atoms with Gasteiger partial charge >= 0.3 is 5.97 Å². The number of rotatable bonds is 4. The maximum atomic E-state index is 12.3. The van der Waals surface area contributed by atoms with E-state index in [0.29, 0.717) is 0 Å². The van der Waals surface area contributed by atoms with E-state index in [4.69, 9.17) is 11.6 Å². The van der Waals surface area contributed by atoms with Crippen LogP contribution < -0.4 is 10.0 Å². The maximum absolute atomic E-state index is 12.3. The van der Waals surface area contributed by atoms with E-state index in [1.54, 1.807) is 0 Å². The quantitative estimate of drug-likeness (QED) is 0.788. The first-order valence-corrected chi connectivity index (χ1v) is 8.41. The van der Waals surface area contributed by atoms with Gasteiger partial charge in [0.1, 0.15) is 4.90 Å². The molecule has 2 rings (SSSR count). The Morgan fingerprint density at radius 2 is 2.00 bits per heavy atom. The SMILES string of the molecule is COC(=O)c1ccc(S(=O)(=O)NC2CCNCC2)c(Cl)c1.Cl. The number of halogens is 2. The number of carbonyl (C=O) groups excluding carboxylic acids is 1. The smallest absolute Gasteiger partial charge is 0.337 e. The van der Waals surface area contributed by atoms with Crippen LogP contribution in [0.15, 0.2) is 23.1 Å². The zero-order valence-corrected chi connectivity index (χ0v) is 14.4. The highest BCUT2D eigenvalue weighted by Crippen LogP contribution is 2.23. The highest BCUT2D eigenvalue weighted by Gasteiger charge is 2.24. The number of methoxy groups -OCH3 is 1. The summed E-state index contributed by atoms with van der Waals surface area (Å²) in [7, 11) is -2.45. The highest BCUT2D eigenvalue weighted by atomic mass is 35.5. The topological polar surface area (TPSA) is 84.5 Å². The van der Waals surface area contributed by atoms with Crippen LogP contribution in [0, 0.1) is 0 Å². The van der Waals surface area contributed by atoms with E-state index in [9.17, 15) is 13.2 Å². The number of hydrogen-bond acceptors (Lipinski definition) is 5. The van der Waals surface area contributed by atoms with E-state index in [1.807, 2.05) is 0 Å². The number of hydrogen-bond donors (Lipinski definition) is 2. The fourth-order valence-corrected chi connectivity index (χ4v) is 4.04. The van der Waals surface area contributed by atoms with Gasteiger partial charge in [-0.05, 0) is 44.1 Å². The van der Waals surface area contributed by atoms with Gasteiger partial charge in [-0.3, -0.25) is 0 Å². The average molecular weight is 369 g/mol. The van der Waals surface area contributed by atoms with Crippen LogP contribution in [0.25, 0.3) is 0 Å². The van der Waals surface area contributed by atoms with Crippen molar-refractivity contribution in [3.63, 3.8) is 0 Å². The Bertz CT molecular complexity index is 631. The van der Waals surface area contributed by atoms with Crippen LogP contribution >= 0.6 is 24.0 Å². The highest BCUT2D eigenvalue weighted by molar-refractivity contribution is 7.89. The predicted molar refractivity (Wildman–Crippen MR) is 86.3 cm³/mol. The van der Waals surface area contributed by atoms with E-state index in [-0.39, 0.29) is 33.9 Å². The molecule has 9 heteroatoms. The third-order valence-electron chi connectivity index (χ3n) is 3.30. The standard InChI is InChI=1S/C13H17ClN2O4S.ClH/c1-20-13(17)9-2-3-12(11(14)8-9)21(18,19)16-10-4-6-15-7-5-10;/h2-3,8,10,15-16H,4-7H2,1H3;1H. The first kappa shape index (κ1) is 19.2. The third-order valence-corrected chi connectivity index (χ3v) is 5.31. The van der Waals surface area contributed by atoms with Crippen molar-refractivity contribution in [1.29, 1.82) is 0 Å². The van der Waals surface area contributed by atoms with Crippen molar-refractivity contribution in [2.45, 2.75) is 23.8 Å². The van der Waals surface area contributed by atoms with E-state index in [0.717, 1.165) is 25.9 Å². The van der Waals surface area contributed by atoms with Gasteiger partial charge in [-0.25, -0.2) is 17.9 Å². The van der Waals surface area contributed by atoms with Crippen LogP contribution in [0.4, 0.5) is 0 Å². The van der Waals surface area contributed by atoms with Gasteiger partial charge in [0.25, 0.3) is 0 Å². The molecule has 2 N–H and O–H groups in total. The molecule has 0 unspecified atom stereocenters. The summed E-state index contributed by atoms with van der Waals surface area (Å²) in [6.45, 7) is 1.56. The molecule has 0 radical (unpaired) electrons. The Hall–Kier alpha value is -0.860. The van der Waals surface area contributed by atoms with Gasteiger partial charge in [-0.15, -0.1) is 12.4 Å². The van der Waals surface area contributed by atoms with Crippen molar-refractivity contribution in [3.8, 4) is 0 Å². The van der Waals surface area contributed by atoms with Gasteiger partial charge in [0, 0.05) is 6.04 Å². The van der Waals surface area contributed by atoms with Crippen molar-refractivity contribution in [2.75, 3.05) is 20.2 Å². The summed E-state index contributed by atoms with van der Waals surface area (Å²) in [5, 5.41) is 3.17. The molecule has 0 atom stereocenters. The average Bonchev–Trinajstić information content (AvgIpc) is 2.46. The van der Waals surface area contributed by atoms with Gasteiger partial charge in [0.05, 0.1) is 17.7 Å². The minimum atomic E-state index is -3.70. The molecule has 0 bridgehead atoms. The molecular formula is C13H18Cl2N2O4S. The monoisotopic (exact) mass is 368 g/mol. The van der Waals surface area contributed by atoms with Crippen LogP contribution in [-0.4, -0.2) is 40.6 Å². The van der Waals surface area contributed by atoms with Crippen LogP contribution in [0.1, 0.15) is 23.2 Å². The Morgan fingerprint density at radius 3 is 2.55 bits per heavy atom. The third kappa shape index (κ3) is 4.57. The molecule has 22 heavy (non-hydrogen) atoms. The van der Waals surface area contributed by atoms with E-state index in [1.165, 1.54) is 25.3 Å². The Labute approximate surface area is 141 Å². The molecule has 0 aliphatic carbocycles. The van der Waals surface area contributed by atoms with Crippen molar-refractivity contribution in [2.24, 2.45) is 0 Å². The lowest BCUT2D eigenvalue weighted by molar-refractivity contribution is 0.0600. The molecule has 1 saturated heterocycles. The first-order valence-electron chi connectivity index (χ1n) is 6.55. The second kappa shape index (κ2) is 8.12. The number of nitrogens with one attached hydrogen (secondary N) is 2. The van der Waals surface area contributed by atoms with Crippen molar-refractivity contribution < 1.29 is 17.9 Å². The van der Waals surface area contributed by atoms with E-state index >= 15 is 0 Å². The van der Waals surface area contributed by atoms with Crippen LogP contribution in [-0.2, 0) is 14.8 Å². The summed E-state index contributed by atoms with van der Waals surface area (Å²) in [5.41, 5.74) is 0.211. The van der Waals surface area contributed by atoms with E-state index in [2.05, 4.69) is 14.8 Å². The van der Waals surface area contributed by atoms with Crippen molar-refractivity contribution in [1.82, 2.24) is 10.0 Å². The summed E-state index contributed by atoms with van der Waals surface area (Å²) in [6.07, 6.45) is 1.47. The van der Waals surface area contributed by atoms with Gasteiger partial charge < -0.3 is 10.1 Å². The van der Waals surface area contributed by atoms with Gasteiger partial charge in [-0.2, -0.15) is 0 Å². The molecule has 1 aromatic rings. The van der Waals surface area contributed by atoms with Crippen LogP contribution in [0.5, 0.6) is 0 Å². The summed E-state index contributed by atoms with van der Waals surface area (Å²) in [5.74, 6) is -0.563. The molecule has 6 nitrogen and oxygen atoms in total. The minimum absolute atomic E-state index is 0. The van der Waals surface area contributed by atoms with Crippen molar-refractivity contribution in [3.05, 3.63) is 28.8 Å². The largest absolute Gasteiger partial charge is 0.465 e. The molecule has 1 aliphatic rings. The normalized spacial score (nSPS) is 15.9. The van der Waals surface area contributed by atoms with Gasteiger partial charge in [0.15, 0.2) is 0 Å². The predicted octanol–water partition coefficient (Wildman–Crippen LogP) is 1.58. The minimum Gasteiger partial charge on any atom is -0.465 e. The summed E-state index contributed by atoms with van der Waals surface area (Å²) < 4.78 is 31.9. The lowest BCUT2D eigenvalue weighted by Crippen LogP contribution is -2.42. The second-order valence-corrected chi connectivity index (χ2v) is 6.87. The lowest BCUT2D eigenvalue weighted by atomic mass is 10.1. The fraction of sp³-hybridized carbons (Fsp3) is 0.462.